The highest BCUT2D eigenvalue weighted by Gasteiger charge is 2.16. The molecule has 8 nitrogen and oxygen atoms in total. The summed E-state index contributed by atoms with van der Waals surface area (Å²) >= 11 is 1.29. The second-order valence-electron chi connectivity index (χ2n) is 4.67. The molecule has 0 spiro atoms. The summed E-state index contributed by atoms with van der Waals surface area (Å²) in [5.41, 5.74) is 0.506. The van der Waals surface area contributed by atoms with Crippen molar-refractivity contribution in [3.8, 4) is 5.69 Å². The number of aromatic nitrogens is 4. The van der Waals surface area contributed by atoms with Crippen LogP contribution in [0.4, 0.5) is 0 Å². The Bertz CT molecular complexity index is 884. The number of H-pyrrole nitrogens is 1. The number of benzene rings is 1. The zero-order valence-electron chi connectivity index (χ0n) is 12.8. The summed E-state index contributed by atoms with van der Waals surface area (Å²) in [5, 5.41) is 10.6. The van der Waals surface area contributed by atoms with Crippen LogP contribution in [-0.4, -0.2) is 32.5 Å². The lowest BCUT2D eigenvalue weighted by atomic mass is 10.3. The summed E-state index contributed by atoms with van der Waals surface area (Å²) in [4.78, 5) is 23.5. The number of hydrogen-bond acceptors (Lipinski definition) is 7. The van der Waals surface area contributed by atoms with Crippen LogP contribution in [0.15, 0.2) is 50.9 Å². The first-order valence-electron chi connectivity index (χ1n) is 7.17. The molecule has 124 valence electrons. The van der Waals surface area contributed by atoms with Crippen LogP contribution >= 0.6 is 11.8 Å². The fraction of sp³-hybridized carbons (Fsp3) is 0.200. The molecule has 0 atom stereocenters. The molecule has 0 radical (unpaired) electrons. The van der Waals surface area contributed by atoms with Gasteiger partial charge in [0.25, 0.3) is 0 Å². The highest BCUT2D eigenvalue weighted by Crippen LogP contribution is 2.22. The zero-order valence-corrected chi connectivity index (χ0v) is 13.6. The first-order valence-corrected chi connectivity index (χ1v) is 8.16. The van der Waals surface area contributed by atoms with Gasteiger partial charge in [0, 0.05) is 6.07 Å². The molecule has 0 aliphatic heterocycles. The van der Waals surface area contributed by atoms with Gasteiger partial charge in [0.05, 0.1) is 18.0 Å². The highest BCUT2D eigenvalue weighted by atomic mass is 32.2. The highest BCUT2D eigenvalue weighted by molar-refractivity contribution is 7.98. The molecule has 0 saturated carbocycles. The fourth-order valence-electron chi connectivity index (χ4n) is 2.00. The molecule has 1 N–H and O–H groups in total. The maximum atomic E-state index is 12.0. The van der Waals surface area contributed by atoms with Crippen molar-refractivity contribution in [3.63, 3.8) is 0 Å². The predicted molar refractivity (Wildman–Crippen MR) is 86.2 cm³/mol. The molecule has 24 heavy (non-hydrogen) atoms. The molecule has 0 fully saturated rings. The van der Waals surface area contributed by atoms with Gasteiger partial charge in [-0.15, -0.1) is 5.10 Å². The summed E-state index contributed by atoms with van der Waals surface area (Å²) in [6.07, 6.45) is 0. The Balaban J connectivity index is 1.74. The van der Waals surface area contributed by atoms with Crippen LogP contribution in [-0.2, 0) is 10.5 Å². The quantitative estimate of drug-likeness (QED) is 0.538. The second kappa shape index (κ2) is 7.18. The van der Waals surface area contributed by atoms with Gasteiger partial charge < -0.3 is 9.26 Å². The number of esters is 1. The maximum absolute atomic E-state index is 12.0. The molecule has 0 aliphatic carbocycles. The van der Waals surface area contributed by atoms with Crippen molar-refractivity contribution in [2.24, 2.45) is 0 Å². The normalized spacial score (nSPS) is 10.7. The van der Waals surface area contributed by atoms with Gasteiger partial charge in [0.2, 0.25) is 0 Å². The van der Waals surface area contributed by atoms with Gasteiger partial charge in [-0.3, -0.25) is 0 Å². The van der Waals surface area contributed by atoms with E-state index in [1.165, 1.54) is 22.4 Å². The third-order valence-electron chi connectivity index (χ3n) is 3.04. The number of carbonyl (C=O) groups excluding carboxylic acids is 1. The van der Waals surface area contributed by atoms with Gasteiger partial charge in [-0.1, -0.05) is 35.1 Å². The average Bonchev–Trinajstić information content (AvgIpc) is 3.21. The molecule has 0 saturated heterocycles. The van der Waals surface area contributed by atoms with Crippen molar-refractivity contribution in [1.82, 2.24) is 19.9 Å². The molecular weight excluding hydrogens is 332 g/mol. The summed E-state index contributed by atoms with van der Waals surface area (Å²) in [6.45, 7) is 1.99. The smallest absolute Gasteiger partial charge is 0.360 e. The first kappa shape index (κ1) is 16.1. The molecule has 3 rings (SSSR count). The molecule has 0 bridgehead atoms. The van der Waals surface area contributed by atoms with Gasteiger partial charge in [0.1, 0.15) is 5.76 Å². The Morgan fingerprint density at radius 2 is 2.17 bits per heavy atom. The molecule has 9 heteroatoms. The van der Waals surface area contributed by atoms with E-state index in [0.717, 1.165) is 0 Å². The monoisotopic (exact) mass is 346 g/mol. The van der Waals surface area contributed by atoms with Crippen molar-refractivity contribution >= 4 is 17.7 Å². The molecule has 0 aliphatic rings. The van der Waals surface area contributed by atoms with Gasteiger partial charge in [-0.05, 0) is 19.1 Å². The minimum absolute atomic E-state index is 0.120. The first-order chi connectivity index (χ1) is 11.7. The van der Waals surface area contributed by atoms with Gasteiger partial charge >= 0.3 is 11.7 Å². The average molecular weight is 346 g/mol. The number of aromatic amines is 1. The number of thioether (sulfide) groups is 1. The fourth-order valence-corrected chi connectivity index (χ4v) is 2.84. The third kappa shape index (κ3) is 3.40. The second-order valence-corrected chi connectivity index (χ2v) is 5.61. The van der Waals surface area contributed by atoms with Crippen LogP contribution < -0.4 is 5.69 Å². The minimum Gasteiger partial charge on any atom is -0.461 e. The van der Waals surface area contributed by atoms with Crippen LogP contribution in [0.1, 0.15) is 23.2 Å². The van der Waals surface area contributed by atoms with Gasteiger partial charge in [-0.25, -0.2) is 19.3 Å². The minimum atomic E-state index is -0.529. The number of ether oxygens (including phenoxy) is 1. The predicted octanol–water partition coefficient (Wildman–Crippen LogP) is 2.02. The van der Waals surface area contributed by atoms with E-state index in [1.54, 1.807) is 6.92 Å². The summed E-state index contributed by atoms with van der Waals surface area (Å²) in [6, 6.07) is 10.7. The van der Waals surface area contributed by atoms with E-state index in [0.29, 0.717) is 22.4 Å². The largest absolute Gasteiger partial charge is 0.461 e. The number of nitrogens with zero attached hydrogens (tertiary/aromatic N) is 3. The third-order valence-corrected chi connectivity index (χ3v) is 4.00. The topological polar surface area (TPSA) is 103 Å². The van der Waals surface area contributed by atoms with E-state index in [2.05, 4.69) is 15.4 Å². The van der Waals surface area contributed by atoms with Crippen LogP contribution in [0.3, 0.4) is 0 Å². The Kier molecular flexibility index (Phi) is 4.80. The number of rotatable bonds is 6. The van der Waals surface area contributed by atoms with Crippen molar-refractivity contribution in [2.45, 2.75) is 17.8 Å². The number of carbonyl (C=O) groups is 1. The molecule has 3 aromatic rings. The van der Waals surface area contributed by atoms with Crippen LogP contribution in [0.25, 0.3) is 5.69 Å². The van der Waals surface area contributed by atoms with E-state index in [4.69, 9.17) is 9.26 Å². The van der Waals surface area contributed by atoms with Gasteiger partial charge in [0.15, 0.2) is 10.9 Å². The Labute approximate surface area is 140 Å². The van der Waals surface area contributed by atoms with Crippen molar-refractivity contribution in [1.29, 1.82) is 0 Å². The van der Waals surface area contributed by atoms with E-state index in [1.807, 2.05) is 30.3 Å². The Hall–Kier alpha value is -2.81. The molecule has 1 aromatic carbocycles. The standard InChI is InChI=1S/C15H14N4O4S/c1-2-22-13(20)12-8-11(23-18-12)9-24-15-17-16-14(21)19(15)10-6-4-3-5-7-10/h3-8H,2,9H2,1H3,(H,16,21). The molecule has 2 aromatic heterocycles. The Morgan fingerprint density at radius 1 is 1.38 bits per heavy atom. The van der Waals surface area contributed by atoms with Crippen molar-refractivity contribution < 1.29 is 14.1 Å². The summed E-state index contributed by atoms with van der Waals surface area (Å²) in [7, 11) is 0. The lowest BCUT2D eigenvalue weighted by Crippen LogP contribution is -2.15. The van der Waals surface area contributed by atoms with E-state index in [-0.39, 0.29) is 18.0 Å². The van der Waals surface area contributed by atoms with Gasteiger partial charge in [-0.2, -0.15) is 0 Å². The SMILES string of the molecule is CCOC(=O)c1cc(CSc2n[nH]c(=O)n2-c2ccccc2)on1. The lowest BCUT2D eigenvalue weighted by molar-refractivity contribution is 0.0514. The maximum Gasteiger partial charge on any atom is 0.360 e. The zero-order chi connectivity index (χ0) is 16.9. The van der Waals surface area contributed by atoms with E-state index in [9.17, 15) is 9.59 Å². The van der Waals surface area contributed by atoms with E-state index >= 15 is 0 Å². The van der Waals surface area contributed by atoms with Crippen LogP contribution in [0.2, 0.25) is 0 Å². The number of hydrogen-bond donors (Lipinski definition) is 1. The molecular formula is C15H14N4O4S. The molecule has 0 amide bonds. The summed E-state index contributed by atoms with van der Waals surface area (Å²) in [5.74, 6) is 0.320. The number of nitrogens with one attached hydrogen (secondary N) is 1. The molecule has 0 unspecified atom stereocenters. The van der Waals surface area contributed by atoms with Crippen molar-refractivity contribution in [2.75, 3.05) is 6.61 Å². The summed E-state index contributed by atoms with van der Waals surface area (Å²) < 4.78 is 11.4. The van der Waals surface area contributed by atoms with Crippen LogP contribution in [0, 0.1) is 0 Å². The van der Waals surface area contributed by atoms with Crippen LogP contribution in [0.5, 0.6) is 0 Å². The number of para-hydroxylation sites is 1. The molecule has 2 heterocycles. The lowest BCUT2D eigenvalue weighted by Gasteiger charge is -2.03. The Morgan fingerprint density at radius 3 is 2.92 bits per heavy atom. The van der Waals surface area contributed by atoms with Crippen molar-refractivity contribution in [3.05, 3.63) is 58.3 Å². The van der Waals surface area contributed by atoms with E-state index < -0.39 is 5.97 Å².